The first-order chi connectivity index (χ1) is 9.67. The van der Waals surface area contributed by atoms with Crippen LogP contribution in [0.15, 0.2) is 0 Å². The van der Waals surface area contributed by atoms with Crippen molar-refractivity contribution in [3.63, 3.8) is 0 Å². The van der Waals surface area contributed by atoms with Crippen LogP contribution < -0.4 is 5.32 Å². The number of carbonyl (C=O) groups excluding carboxylic acids is 2. The van der Waals surface area contributed by atoms with Gasteiger partial charge in [-0.25, -0.2) is 0 Å². The molecular formula is C15H26N2O3. The van der Waals surface area contributed by atoms with Crippen molar-refractivity contribution in [3.8, 4) is 0 Å². The Hall–Kier alpha value is -1.10. The third-order valence-electron chi connectivity index (χ3n) is 4.34. The van der Waals surface area contributed by atoms with Crippen molar-refractivity contribution in [3.05, 3.63) is 0 Å². The van der Waals surface area contributed by atoms with Crippen LogP contribution in [0.5, 0.6) is 0 Å². The molecule has 0 radical (unpaired) electrons. The second kappa shape index (κ2) is 7.07. The van der Waals surface area contributed by atoms with E-state index in [1.165, 1.54) is 0 Å². The predicted molar refractivity (Wildman–Crippen MR) is 76.2 cm³/mol. The fraction of sp³-hybridized carbons (Fsp3) is 0.867. The highest BCUT2D eigenvalue weighted by molar-refractivity contribution is 5.96. The summed E-state index contributed by atoms with van der Waals surface area (Å²) >= 11 is 0. The molecule has 2 unspecified atom stereocenters. The van der Waals surface area contributed by atoms with E-state index >= 15 is 0 Å². The smallest absolute Gasteiger partial charge is 0.245 e. The van der Waals surface area contributed by atoms with E-state index in [0.29, 0.717) is 18.9 Å². The average molecular weight is 282 g/mol. The molecule has 2 aliphatic heterocycles. The zero-order valence-corrected chi connectivity index (χ0v) is 12.6. The van der Waals surface area contributed by atoms with Gasteiger partial charge in [0.1, 0.15) is 12.1 Å². The molecule has 2 atom stereocenters. The summed E-state index contributed by atoms with van der Waals surface area (Å²) in [6.45, 7) is 6.24. The lowest BCUT2D eigenvalue weighted by Crippen LogP contribution is -2.63. The maximum Gasteiger partial charge on any atom is 0.245 e. The van der Waals surface area contributed by atoms with Crippen LogP contribution in [-0.4, -0.2) is 48.6 Å². The van der Waals surface area contributed by atoms with Crippen LogP contribution in [0.4, 0.5) is 0 Å². The molecule has 2 aliphatic rings. The van der Waals surface area contributed by atoms with Crippen molar-refractivity contribution in [2.45, 2.75) is 58.0 Å². The molecule has 0 aliphatic carbocycles. The Morgan fingerprint density at radius 3 is 2.55 bits per heavy atom. The first kappa shape index (κ1) is 15.3. The van der Waals surface area contributed by atoms with Gasteiger partial charge in [-0.15, -0.1) is 0 Å². The monoisotopic (exact) mass is 282 g/mol. The van der Waals surface area contributed by atoms with Crippen molar-refractivity contribution in [1.82, 2.24) is 10.2 Å². The lowest BCUT2D eigenvalue weighted by atomic mass is 9.95. The van der Waals surface area contributed by atoms with E-state index in [4.69, 9.17) is 4.74 Å². The summed E-state index contributed by atoms with van der Waals surface area (Å²) in [5.74, 6) is 0.581. The van der Waals surface area contributed by atoms with Crippen LogP contribution in [0.2, 0.25) is 0 Å². The van der Waals surface area contributed by atoms with E-state index in [0.717, 1.165) is 38.9 Å². The molecule has 2 saturated heterocycles. The van der Waals surface area contributed by atoms with E-state index in [1.807, 2.05) is 11.8 Å². The highest BCUT2D eigenvalue weighted by Gasteiger charge is 2.39. The molecule has 0 aromatic rings. The second-order valence-electron chi connectivity index (χ2n) is 5.82. The van der Waals surface area contributed by atoms with Gasteiger partial charge in [0, 0.05) is 19.8 Å². The minimum absolute atomic E-state index is 0.0189. The van der Waals surface area contributed by atoms with Crippen LogP contribution in [0.3, 0.4) is 0 Å². The highest BCUT2D eigenvalue weighted by atomic mass is 16.5. The number of nitrogens with one attached hydrogen (secondary N) is 1. The third kappa shape index (κ3) is 3.32. The van der Waals surface area contributed by atoms with Gasteiger partial charge in [-0.1, -0.05) is 20.3 Å². The Morgan fingerprint density at radius 2 is 1.95 bits per heavy atom. The Labute approximate surface area is 121 Å². The number of carbonyl (C=O) groups is 2. The number of nitrogens with zero attached hydrogens (tertiary/aromatic N) is 1. The van der Waals surface area contributed by atoms with E-state index in [2.05, 4.69) is 12.2 Å². The number of rotatable bonds is 5. The maximum atomic E-state index is 12.5. The van der Waals surface area contributed by atoms with E-state index in [9.17, 15) is 9.59 Å². The average Bonchev–Trinajstić information content (AvgIpc) is 2.47. The van der Waals surface area contributed by atoms with Gasteiger partial charge >= 0.3 is 0 Å². The molecule has 2 heterocycles. The Balaban J connectivity index is 2.08. The number of amides is 2. The van der Waals surface area contributed by atoms with Crippen molar-refractivity contribution >= 4 is 11.8 Å². The molecule has 0 aromatic heterocycles. The molecule has 20 heavy (non-hydrogen) atoms. The normalized spacial score (nSPS) is 28.6. The Morgan fingerprint density at radius 1 is 1.25 bits per heavy atom. The minimum Gasteiger partial charge on any atom is -0.381 e. The maximum absolute atomic E-state index is 12.5. The van der Waals surface area contributed by atoms with Crippen molar-refractivity contribution < 1.29 is 14.3 Å². The summed E-state index contributed by atoms with van der Waals surface area (Å²) in [6, 6.07) is -0.617. The second-order valence-corrected chi connectivity index (χ2v) is 5.82. The van der Waals surface area contributed by atoms with Gasteiger partial charge in [-0.2, -0.15) is 0 Å². The first-order valence-corrected chi connectivity index (χ1v) is 7.86. The van der Waals surface area contributed by atoms with Gasteiger partial charge in [0.2, 0.25) is 11.8 Å². The van der Waals surface area contributed by atoms with Gasteiger partial charge in [-0.05, 0) is 31.6 Å². The van der Waals surface area contributed by atoms with Gasteiger partial charge in [-0.3, -0.25) is 9.59 Å². The lowest BCUT2D eigenvalue weighted by molar-refractivity contribution is -0.151. The molecule has 114 valence electrons. The van der Waals surface area contributed by atoms with Crippen LogP contribution in [0, 0.1) is 5.92 Å². The Bertz CT molecular complexity index is 353. The van der Waals surface area contributed by atoms with Crippen LogP contribution in [0.25, 0.3) is 0 Å². The zero-order chi connectivity index (χ0) is 14.5. The summed E-state index contributed by atoms with van der Waals surface area (Å²) in [7, 11) is 0. The topological polar surface area (TPSA) is 58.6 Å². The largest absolute Gasteiger partial charge is 0.381 e. The molecule has 0 spiro atoms. The SMILES string of the molecule is CCCC1C(=O)NC(CC)C(=O)N1CC1CCOCC1. The third-order valence-corrected chi connectivity index (χ3v) is 4.34. The van der Waals surface area contributed by atoms with Crippen LogP contribution in [0.1, 0.15) is 46.0 Å². The van der Waals surface area contributed by atoms with Crippen molar-refractivity contribution in [1.29, 1.82) is 0 Å². The molecule has 2 fully saturated rings. The number of hydrogen-bond acceptors (Lipinski definition) is 3. The highest BCUT2D eigenvalue weighted by Crippen LogP contribution is 2.22. The summed E-state index contributed by atoms with van der Waals surface area (Å²) < 4.78 is 5.37. The standard InChI is InChI=1S/C15H26N2O3/c1-3-5-13-14(18)16-12(4-2)15(19)17(13)10-11-6-8-20-9-7-11/h11-13H,3-10H2,1-2H3,(H,16,18). The van der Waals surface area contributed by atoms with Gasteiger partial charge in [0.05, 0.1) is 0 Å². The predicted octanol–water partition coefficient (Wildman–Crippen LogP) is 1.32. The first-order valence-electron chi connectivity index (χ1n) is 7.86. The van der Waals surface area contributed by atoms with E-state index in [-0.39, 0.29) is 23.9 Å². The molecule has 5 heteroatoms. The lowest BCUT2D eigenvalue weighted by Gasteiger charge is -2.41. The summed E-state index contributed by atoms with van der Waals surface area (Å²) in [5, 5.41) is 2.86. The molecular weight excluding hydrogens is 256 g/mol. The van der Waals surface area contributed by atoms with Gasteiger partial charge in [0.25, 0.3) is 0 Å². The molecule has 0 bridgehead atoms. The number of piperazine rings is 1. The fourth-order valence-corrected chi connectivity index (χ4v) is 3.09. The molecule has 0 saturated carbocycles. The van der Waals surface area contributed by atoms with E-state index in [1.54, 1.807) is 0 Å². The van der Waals surface area contributed by atoms with Gasteiger partial charge in [0.15, 0.2) is 0 Å². The molecule has 2 amide bonds. The quantitative estimate of drug-likeness (QED) is 0.827. The van der Waals surface area contributed by atoms with E-state index < -0.39 is 0 Å². The van der Waals surface area contributed by atoms with Gasteiger partial charge < -0.3 is 15.0 Å². The summed E-state index contributed by atoms with van der Waals surface area (Å²) in [5.41, 5.74) is 0. The zero-order valence-electron chi connectivity index (χ0n) is 12.6. The van der Waals surface area contributed by atoms with Crippen molar-refractivity contribution in [2.75, 3.05) is 19.8 Å². The Kier molecular flexibility index (Phi) is 5.40. The fourth-order valence-electron chi connectivity index (χ4n) is 3.09. The molecule has 2 rings (SSSR count). The number of ether oxygens (including phenoxy) is 1. The summed E-state index contributed by atoms with van der Waals surface area (Å²) in [4.78, 5) is 26.6. The van der Waals surface area contributed by atoms with Crippen LogP contribution >= 0.6 is 0 Å². The van der Waals surface area contributed by atoms with Crippen molar-refractivity contribution in [2.24, 2.45) is 5.92 Å². The minimum atomic E-state index is -0.338. The molecule has 0 aromatic carbocycles. The molecule has 1 N–H and O–H groups in total. The molecule has 5 nitrogen and oxygen atoms in total. The summed E-state index contributed by atoms with van der Waals surface area (Å²) in [6.07, 6.45) is 4.29. The van der Waals surface area contributed by atoms with Crippen LogP contribution in [-0.2, 0) is 14.3 Å². The number of hydrogen-bond donors (Lipinski definition) is 1.